The Kier molecular flexibility index (Phi) is 3.71. The number of hydrogen-bond donors (Lipinski definition) is 2. The monoisotopic (exact) mass is 279 g/mol. The number of fused-ring (bicyclic) bond motifs is 2. The number of nitrogens with zero attached hydrogens (tertiary/aromatic N) is 1. The number of nitrogens with one attached hydrogen (secondary N) is 2. The van der Waals surface area contributed by atoms with Crippen LogP contribution in [0.15, 0.2) is 18.3 Å². The quantitative estimate of drug-likeness (QED) is 0.894. The maximum absolute atomic E-state index is 12.0. The molecule has 5 heteroatoms. The zero-order chi connectivity index (χ0) is 13.2. The van der Waals surface area contributed by atoms with Gasteiger partial charge in [-0.25, -0.2) is 4.98 Å². The van der Waals surface area contributed by atoms with E-state index in [2.05, 4.69) is 15.6 Å². The largest absolute Gasteiger partial charge is 0.311 e. The fourth-order valence-corrected chi connectivity index (χ4v) is 3.36. The van der Waals surface area contributed by atoms with Crippen LogP contribution in [0.2, 0.25) is 5.02 Å². The van der Waals surface area contributed by atoms with Crippen molar-refractivity contribution in [3.8, 4) is 0 Å². The molecule has 0 radical (unpaired) electrons. The number of halogens is 1. The third-order valence-electron chi connectivity index (χ3n) is 4.04. The minimum Gasteiger partial charge on any atom is -0.311 e. The number of amides is 1. The van der Waals surface area contributed by atoms with Gasteiger partial charge in [0.1, 0.15) is 5.82 Å². The summed E-state index contributed by atoms with van der Waals surface area (Å²) in [6, 6.07) is 4.72. The van der Waals surface area contributed by atoms with Gasteiger partial charge in [-0.2, -0.15) is 0 Å². The van der Waals surface area contributed by atoms with E-state index in [0.29, 0.717) is 35.3 Å². The molecule has 2 N–H and O–H groups in total. The lowest BCUT2D eigenvalue weighted by Crippen LogP contribution is -2.39. The average molecular weight is 280 g/mol. The van der Waals surface area contributed by atoms with Crippen molar-refractivity contribution in [2.45, 2.75) is 44.2 Å². The topological polar surface area (TPSA) is 54.0 Å². The molecule has 4 nitrogen and oxygen atoms in total. The Morgan fingerprint density at radius 1 is 1.37 bits per heavy atom. The van der Waals surface area contributed by atoms with Crippen molar-refractivity contribution in [2.24, 2.45) is 5.92 Å². The molecule has 2 aliphatic heterocycles. The van der Waals surface area contributed by atoms with Gasteiger partial charge in [0, 0.05) is 24.7 Å². The average Bonchev–Trinajstić information content (AvgIpc) is 2.72. The van der Waals surface area contributed by atoms with Gasteiger partial charge in [0.05, 0.1) is 5.02 Å². The highest BCUT2D eigenvalue weighted by Gasteiger charge is 2.34. The van der Waals surface area contributed by atoms with Gasteiger partial charge in [-0.1, -0.05) is 11.6 Å². The highest BCUT2D eigenvalue weighted by molar-refractivity contribution is 6.30. The SMILES string of the molecule is O=C(CC1CC2CCC(C1)N2)Nc1ccc(Cl)cn1. The van der Waals surface area contributed by atoms with E-state index in [9.17, 15) is 4.79 Å². The molecule has 102 valence electrons. The van der Waals surface area contributed by atoms with Crippen molar-refractivity contribution in [2.75, 3.05) is 5.32 Å². The zero-order valence-corrected chi connectivity index (χ0v) is 11.5. The van der Waals surface area contributed by atoms with Gasteiger partial charge < -0.3 is 10.6 Å². The van der Waals surface area contributed by atoms with Crippen LogP contribution in [0.25, 0.3) is 0 Å². The standard InChI is InChI=1S/C14H18ClN3O/c15-10-1-4-13(16-8-10)18-14(19)7-9-5-11-2-3-12(6-9)17-11/h1,4,8-9,11-12,17H,2-3,5-7H2,(H,16,18,19). The van der Waals surface area contributed by atoms with E-state index >= 15 is 0 Å². The van der Waals surface area contributed by atoms with Gasteiger partial charge in [0.25, 0.3) is 0 Å². The molecule has 0 saturated carbocycles. The smallest absolute Gasteiger partial charge is 0.225 e. The predicted octanol–water partition coefficient (Wildman–Crippen LogP) is 2.59. The van der Waals surface area contributed by atoms with E-state index in [1.807, 2.05) is 0 Å². The molecule has 2 aliphatic rings. The highest BCUT2D eigenvalue weighted by Crippen LogP contribution is 2.32. The number of carbonyl (C=O) groups excluding carboxylic acids is 1. The van der Waals surface area contributed by atoms with Crippen molar-refractivity contribution in [1.82, 2.24) is 10.3 Å². The Balaban J connectivity index is 1.52. The van der Waals surface area contributed by atoms with Gasteiger partial charge in [-0.3, -0.25) is 4.79 Å². The summed E-state index contributed by atoms with van der Waals surface area (Å²) in [5.41, 5.74) is 0. The summed E-state index contributed by atoms with van der Waals surface area (Å²) in [7, 11) is 0. The van der Waals surface area contributed by atoms with Crippen LogP contribution in [0.1, 0.15) is 32.1 Å². The van der Waals surface area contributed by atoms with Gasteiger partial charge in [0.2, 0.25) is 5.91 Å². The van der Waals surface area contributed by atoms with Gasteiger partial charge in [-0.05, 0) is 43.7 Å². The number of carbonyl (C=O) groups is 1. The van der Waals surface area contributed by atoms with Crippen molar-refractivity contribution in [1.29, 1.82) is 0 Å². The fraction of sp³-hybridized carbons (Fsp3) is 0.571. The Hall–Kier alpha value is -1.13. The van der Waals surface area contributed by atoms with Crippen LogP contribution >= 0.6 is 11.6 Å². The number of rotatable bonds is 3. The second-order valence-electron chi connectivity index (χ2n) is 5.59. The lowest BCUT2D eigenvalue weighted by molar-refractivity contribution is -0.117. The molecule has 1 aromatic heterocycles. The van der Waals surface area contributed by atoms with Crippen LogP contribution in [-0.2, 0) is 4.79 Å². The first-order chi connectivity index (χ1) is 9.19. The molecule has 0 spiro atoms. The van der Waals surface area contributed by atoms with E-state index in [1.165, 1.54) is 12.8 Å². The molecule has 2 unspecified atom stereocenters. The maximum Gasteiger partial charge on any atom is 0.225 e. The summed E-state index contributed by atoms with van der Waals surface area (Å²) in [6.07, 6.45) is 6.92. The first-order valence-corrected chi connectivity index (χ1v) is 7.24. The van der Waals surface area contributed by atoms with Crippen molar-refractivity contribution >= 4 is 23.3 Å². The molecular weight excluding hydrogens is 262 g/mol. The first-order valence-electron chi connectivity index (χ1n) is 6.86. The van der Waals surface area contributed by atoms with E-state index < -0.39 is 0 Å². The number of aromatic nitrogens is 1. The summed E-state index contributed by atoms with van der Waals surface area (Å²) in [5, 5.41) is 7.00. The molecule has 2 atom stereocenters. The molecule has 3 heterocycles. The highest BCUT2D eigenvalue weighted by atomic mass is 35.5. The number of anilines is 1. The second-order valence-corrected chi connectivity index (χ2v) is 6.03. The van der Waals surface area contributed by atoms with Crippen LogP contribution in [-0.4, -0.2) is 23.0 Å². The van der Waals surface area contributed by atoms with Gasteiger partial charge >= 0.3 is 0 Å². The Labute approximate surface area is 117 Å². The molecule has 1 aromatic rings. The van der Waals surface area contributed by atoms with Crippen LogP contribution in [0.3, 0.4) is 0 Å². The Morgan fingerprint density at radius 3 is 2.74 bits per heavy atom. The predicted molar refractivity (Wildman–Crippen MR) is 75.2 cm³/mol. The van der Waals surface area contributed by atoms with Crippen LogP contribution in [0.4, 0.5) is 5.82 Å². The lowest BCUT2D eigenvalue weighted by atomic mass is 9.89. The third kappa shape index (κ3) is 3.25. The molecule has 0 aromatic carbocycles. The van der Waals surface area contributed by atoms with E-state index in [-0.39, 0.29) is 5.91 Å². The number of piperidine rings is 1. The number of pyridine rings is 1. The summed E-state index contributed by atoms with van der Waals surface area (Å²) >= 11 is 5.76. The fourth-order valence-electron chi connectivity index (χ4n) is 3.25. The molecule has 2 saturated heterocycles. The molecule has 19 heavy (non-hydrogen) atoms. The molecule has 0 aliphatic carbocycles. The summed E-state index contributed by atoms with van der Waals surface area (Å²) in [6.45, 7) is 0. The lowest BCUT2D eigenvalue weighted by Gasteiger charge is -2.28. The molecule has 2 bridgehead atoms. The molecule has 3 rings (SSSR count). The zero-order valence-electron chi connectivity index (χ0n) is 10.7. The normalized spacial score (nSPS) is 29.2. The Morgan fingerprint density at radius 2 is 2.11 bits per heavy atom. The minimum atomic E-state index is 0.0566. The molecule has 1 amide bonds. The van der Waals surface area contributed by atoms with E-state index in [4.69, 9.17) is 11.6 Å². The maximum atomic E-state index is 12.0. The van der Waals surface area contributed by atoms with Gasteiger partial charge in [0.15, 0.2) is 0 Å². The summed E-state index contributed by atoms with van der Waals surface area (Å²) in [4.78, 5) is 16.1. The van der Waals surface area contributed by atoms with Gasteiger partial charge in [-0.15, -0.1) is 0 Å². The Bertz CT molecular complexity index is 450. The first kappa shape index (κ1) is 12.9. The van der Waals surface area contributed by atoms with Crippen LogP contribution < -0.4 is 10.6 Å². The van der Waals surface area contributed by atoms with Crippen molar-refractivity contribution in [3.05, 3.63) is 23.4 Å². The van der Waals surface area contributed by atoms with Crippen LogP contribution in [0.5, 0.6) is 0 Å². The van der Waals surface area contributed by atoms with Crippen molar-refractivity contribution in [3.63, 3.8) is 0 Å². The van der Waals surface area contributed by atoms with E-state index in [1.54, 1.807) is 18.3 Å². The second kappa shape index (κ2) is 5.47. The summed E-state index contributed by atoms with van der Waals surface area (Å²) < 4.78 is 0. The molecule has 2 fully saturated rings. The van der Waals surface area contributed by atoms with Crippen LogP contribution in [0, 0.1) is 5.92 Å². The third-order valence-corrected chi connectivity index (χ3v) is 4.26. The number of hydrogen-bond acceptors (Lipinski definition) is 3. The van der Waals surface area contributed by atoms with E-state index in [0.717, 1.165) is 12.8 Å². The molecular formula is C14H18ClN3O. The summed E-state index contributed by atoms with van der Waals surface area (Å²) in [5.74, 6) is 1.14. The minimum absolute atomic E-state index is 0.0566. The van der Waals surface area contributed by atoms with Crippen molar-refractivity contribution < 1.29 is 4.79 Å².